The number of nitrogens with one attached hydrogen (secondary N) is 1. The zero-order valence-electron chi connectivity index (χ0n) is 17.9. The van der Waals surface area contributed by atoms with Gasteiger partial charge in [-0.2, -0.15) is 0 Å². The molecule has 1 heterocycles. The molecular weight excluding hydrogens is 380 g/mol. The highest BCUT2D eigenvalue weighted by atomic mass is 16.5. The highest BCUT2D eigenvalue weighted by Gasteiger charge is 2.23. The Labute approximate surface area is 178 Å². The normalized spacial score (nSPS) is 14.3. The molecule has 1 N–H and O–H groups in total. The van der Waals surface area contributed by atoms with Gasteiger partial charge in [0.1, 0.15) is 11.5 Å². The van der Waals surface area contributed by atoms with Gasteiger partial charge in [-0.15, -0.1) is 0 Å². The van der Waals surface area contributed by atoms with Crippen molar-refractivity contribution in [2.45, 2.75) is 26.2 Å². The summed E-state index contributed by atoms with van der Waals surface area (Å²) in [6, 6.07) is 12.9. The van der Waals surface area contributed by atoms with Crippen LogP contribution in [-0.4, -0.2) is 50.6 Å². The Morgan fingerprint density at radius 3 is 2.37 bits per heavy atom. The van der Waals surface area contributed by atoms with Crippen LogP contribution in [0, 0.1) is 12.8 Å². The Hall–Kier alpha value is -3.02. The summed E-state index contributed by atoms with van der Waals surface area (Å²) in [5.41, 5.74) is 2.40. The van der Waals surface area contributed by atoms with Gasteiger partial charge in [-0.25, -0.2) is 0 Å². The first-order valence-corrected chi connectivity index (χ1v) is 10.4. The molecule has 0 atom stereocenters. The van der Waals surface area contributed by atoms with Crippen LogP contribution in [0.3, 0.4) is 0 Å². The van der Waals surface area contributed by atoms with E-state index in [0.717, 1.165) is 43.5 Å². The van der Waals surface area contributed by atoms with Crippen molar-refractivity contribution < 1.29 is 19.1 Å². The molecule has 1 aliphatic rings. The van der Waals surface area contributed by atoms with Gasteiger partial charge in [-0.05, 0) is 56.4 Å². The highest BCUT2D eigenvalue weighted by molar-refractivity contribution is 5.97. The summed E-state index contributed by atoms with van der Waals surface area (Å²) in [6.45, 7) is 4.14. The second-order valence-corrected chi connectivity index (χ2v) is 7.71. The van der Waals surface area contributed by atoms with Crippen LogP contribution in [0.2, 0.25) is 0 Å². The lowest BCUT2D eigenvalue weighted by molar-refractivity contribution is 0.0687. The van der Waals surface area contributed by atoms with Crippen molar-refractivity contribution >= 4 is 11.8 Å². The van der Waals surface area contributed by atoms with Crippen LogP contribution >= 0.6 is 0 Å². The molecule has 0 saturated carbocycles. The number of piperidine rings is 1. The monoisotopic (exact) mass is 410 g/mol. The van der Waals surface area contributed by atoms with Gasteiger partial charge in [0, 0.05) is 31.3 Å². The summed E-state index contributed by atoms with van der Waals surface area (Å²) in [6.07, 6.45) is 2.81. The van der Waals surface area contributed by atoms with Gasteiger partial charge in [0.15, 0.2) is 0 Å². The van der Waals surface area contributed by atoms with E-state index in [1.807, 2.05) is 36.1 Å². The predicted octanol–water partition coefficient (Wildman–Crippen LogP) is 3.68. The second kappa shape index (κ2) is 10.1. The van der Waals surface area contributed by atoms with Gasteiger partial charge < -0.3 is 19.7 Å². The van der Waals surface area contributed by atoms with Crippen LogP contribution in [0.5, 0.6) is 11.5 Å². The molecule has 1 saturated heterocycles. The molecule has 0 aromatic heterocycles. The fourth-order valence-corrected chi connectivity index (χ4v) is 3.77. The van der Waals surface area contributed by atoms with Crippen molar-refractivity contribution in [1.29, 1.82) is 0 Å². The van der Waals surface area contributed by atoms with Crippen molar-refractivity contribution in [3.05, 3.63) is 59.2 Å². The number of hydrogen-bond donors (Lipinski definition) is 1. The van der Waals surface area contributed by atoms with Crippen molar-refractivity contribution in [2.24, 2.45) is 5.92 Å². The summed E-state index contributed by atoms with van der Waals surface area (Å²) in [5, 5.41) is 2.98. The molecule has 2 aromatic rings. The third-order valence-electron chi connectivity index (χ3n) is 5.69. The number of ether oxygens (including phenoxy) is 2. The van der Waals surface area contributed by atoms with Crippen LogP contribution < -0.4 is 14.8 Å². The first-order valence-electron chi connectivity index (χ1n) is 10.4. The third-order valence-corrected chi connectivity index (χ3v) is 5.69. The average molecular weight is 411 g/mol. The first-order chi connectivity index (χ1) is 14.5. The maximum Gasteiger partial charge on any atom is 0.255 e. The number of aryl methyl sites for hydroxylation is 1. The minimum Gasteiger partial charge on any atom is -0.497 e. The Balaban J connectivity index is 1.44. The molecule has 1 fully saturated rings. The van der Waals surface area contributed by atoms with Gasteiger partial charge in [0.2, 0.25) is 0 Å². The minimum absolute atomic E-state index is 0.105. The smallest absolute Gasteiger partial charge is 0.255 e. The average Bonchev–Trinajstić information content (AvgIpc) is 2.79. The standard InChI is InChI=1S/C24H30N2O4/c1-17-4-6-19(7-5-17)24(28)26-14-11-18(12-15-26)10-13-25-23(27)21-9-8-20(29-2)16-22(21)30-3/h4-9,16,18H,10-15H2,1-3H3,(H,25,27). The van der Waals surface area contributed by atoms with Gasteiger partial charge in [-0.1, -0.05) is 17.7 Å². The summed E-state index contributed by atoms with van der Waals surface area (Å²) in [5.74, 6) is 1.60. The maximum atomic E-state index is 12.6. The third kappa shape index (κ3) is 5.32. The Kier molecular flexibility index (Phi) is 7.33. The van der Waals surface area contributed by atoms with E-state index < -0.39 is 0 Å². The SMILES string of the molecule is COc1ccc(C(=O)NCCC2CCN(C(=O)c3ccc(C)cc3)CC2)c(OC)c1. The molecule has 1 aliphatic heterocycles. The van der Waals surface area contributed by atoms with Gasteiger partial charge in [-0.3, -0.25) is 9.59 Å². The number of methoxy groups -OCH3 is 2. The summed E-state index contributed by atoms with van der Waals surface area (Å²) < 4.78 is 10.5. The lowest BCUT2D eigenvalue weighted by atomic mass is 9.93. The van der Waals surface area contributed by atoms with Gasteiger partial charge in [0.05, 0.1) is 19.8 Å². The zero-order chi connectivity index (χ0) is 21.5. The van der Waals surface area contributed by atoms with E-state index in [9.17, 15) is 9.59 Å². The molecule has 0 radical (unpaired) electrons. The Morgan fingerprint density at radius 1 is 1.03 bits per heavy atom. The molecule has 0 bridgehead atoms. The van der Waals surface area contributed by atoms with E-state index in [4.69, 9.17) is 9.47 Å². The first kappa shape index (κ1) is 21.7. The predicted molar refractivity (Wildman–Crippen MR) is 116 cm³/mol. The lowest BCUT2D eigenvalue weighted by Gasteiger charge is -2.32. The van der Waals surface area contributed by atoms with Gasteiger partial charge in [0.25, 0.3) is 11.8 Å². The Bertz CT molecular complexity index is 871. The van der Waals surface area contributed by atoms with Gasteiger partial charge >= 0.3 is 0 Å². The largest absolute Gasteiger partial charge is 0.497 e. The van der Waals surface area contributed by atoms with E-state index in [1.165, 1.54) is 7.11 Å². The minimum atomic E-state index is -0.151. The maximum absolute atomic E-state index is 12.6. The summed E-state index contributed by atoms with van der Waals surface area (Å²) in [4.78, 5) is 27.1. The molecule has 6 heteroatoms. The van der Waals surface area contributed by atoms with Crippen molar-refractivity contribution in [3.8, 4) is 11.5 Å². The number of rotatable bonds is 7. The van der Waals surface area contributed by atoms with E-state index in [1.54, 1.807) is 25.3 Å². The van der Waals surface area contributed by atoms with Crippen molar-refractivity contribution in [1.82, 2.24) is 10.2 Å². The summed E-state index contributed by atoms with van der Waals surface area (Å²) in [7, 11) is 3.12. The van der Waals surface area contributed by atoms with E-state index in [-0.39, 0.29) is 11.8 Å². The molecule has 0 spiro atoms. The lowest BCUT2D eigenvalue weighted by Crippen LogP contribution is -2.39. The number of likely N-dealkylation sites (tertiary alicyclic amines) is 1. The van der Waals surface area contributed by atoms with Crippen LogP contribution in [-0.2, 0) is 0 Å². The molecular formula is C24H30N2O4. The number of amides is 2. The van der Waals surface area contributed by atoms with Crippen LogP contribution in [0.1, 0.15) is 45.5 Å². The molecule has 0 aliphatic carbocycles. The molecule has 2 aromatic carbocycles. The number of carbonyl (C=O) groups excluding carboxylic acids is 2. The molecule has 160 valence electrons. The van der Waals surface area contributed by atoms with Crippen molar-refractivity contribution in [2.75, 3.05) is 33.9 Å². The fraction of sp³-hybridized carbons (Fsp3) is 0.417. The summed E-state index contributed by atoms with van der Waals surface area (Å²) >= 11 is 0. The Morgan fingerprint density at radius 2 is 1.73 bits per heavy atom. The topological polar surface area (TPSA) is 67.9 Å². The number of carbonyl (C=O) groups is 2. The number of benzene rings is 2. The number of hydrogen-bond acceptors (Lipinski definition) is 4. The molecule has 6 nitrogen and oxygen atoms in total. The van der Waals surface area contributed by atoms with E-state index in [2.05, 4.69) is 5.32 Å². The van der Waals surface area contributed by atoms with Crippen LogP contribution in [0.25, 0.3) is 0 Å². The van der Waals surface area contributed by atoms with E-state index in [0.29, 0.717) is 29.5 Å². The molecule has 2 amide bonds. The highest BCUT2D eigenvalue weighted by Crippen LogP contribution is 2.25. The quantitative estimate of drug-likeness (QED) is 0.756. The number of nitrogens with zero attached hydrogens (tertiary/aromatic N) is 1. The van der Waals surface area contributed by atoms with Crippen molar-refractivity contribution in [3.63, 3.8) is 0 Å². The zero-order valence-corrected chi connectivity index (χ0v) is 17.9. The van der Waals surface area contributed by atoms with E-state index >= 15 is 0 Å². The second-order valence-electron chi connectivity index (χ2n) is 7.71. The fourth-order valence-electron chi connectivity index (χ4n) is 3.77. The molecule has 30 heavy (non-hydrogen) atoms. The molecule has 0 unspecified atom stereocenters. The van der Waals surface area contributed by atoms with Crippen LogP contribution in [0.15, 0.2) is 42.5 Å². The van der Waals surface area contributed by atoms with Crippen LogP contribution in [0.4, 0.5) is 0 Å². The molecule has 3 rings (SSSR count).